The molecule has 0 aliphatic heterocycles. The van der Waals surface area contributed by atoms with Gasteiger partial charge in [-0.25, -0.2) is 0 Å². The zero-order valence-corrected chi connectivity index (χ0v) is 10.2. The molecule has 1 aromatic carbocycles. The molecular formula is C12H12N2Se. The number of aromatic nitrogens is 2. The van der Waals surface area contributed by atoms with Crippen LogP contribution in [0.5, 0.6) is 0 Å². The molecule has 0 bridgehead atoms. The molecule has 0 radical (unpaired) electrons. The van der Waals surface area contributed by atoms with Crippen LogP contribution in [0.2, 0.25) is 0 Å². The van der Waals surface area contributed by atoms with Crippen LogP contribution < -0.4 is 0 Å². The van der Waals surface area contributed by atoms with E-state index in [1.807, 2.05) is 0 Å². The Labute approximate surface area is 95.3 Å². The van der Waals surface area contributed by atoms with Gasteiger partial charge < -0.3 is 0 Å². The molecule has 1 aromatic heterocycles. The summed E-state index contributed by atoms with van der Waals surface area (Å²) in [5.74, 6) is 0. The Morgan fingerprint density at radius 1 is 1.07 bits per heavy atom. The van der Waals surface area contributed by atoms with Crippen LogP contribution in [0, 0.1) is 0 Å². The molecule has 0 amide bonds. The van der Waals surface area contributed by atoms with Crippen LogP contribution in [-0.2, 0) is 12.8 Å². The number of nitrogens with zero attached hydrogens (tertiary/aromatic N) is 2. The van der Waals surface area contributed by atoms with Crippen LogP contribution >= 0.6 is 0 Å². The van der Waals surface area contributed by atoms with Gasteiger partial charge in [-0.3, -0.25) is 0 Å². The predicted octanol–water partition coefficient (Wildman–Crippen LogP) is 2.08. The SMILES string of the molecule is c1ccc2c(c1)CCCCc1[se]nnc1-2. The van der Waals surface area contributed by atoms with Crippen LogP contribution in [0.1, 0.15) is 22.8 Å². The van der Waals surface area contributed by atoms with E-state index in [1.165, 1.54) is 46.9 Å². The summed E-state index contributed by atoms with van der Waals surface area (Å²) in [5, 5.41) is 4.33. The van der Waals surface area contributed by atoms with Crippen molar-refractivity contribution in [2.45, 2.75) is 25.7 Å². The van der Waals surface area contributed by atoms with E-state index in [1.54, 1.807) is 0 Å². The van der Waals surface area contributed by atoms with Gasteiger partial charge in [0.25, 0.3) is 0 Å². The Morgan fingerprint density at radius 3 is 2.93 bits per heavy atom. The third kappa shape index (κ3) is 1.66. The van der Waals surface area contributed by atoms with Gasteiger partial charge in [-0.2, -0.15) is 0 Å². The molecule has 0 saturated heterocycles. The van der Waals surface area contributed by atoms with Gasteiger partial charge in [0.2, 0.25) is 0 Å². The van der Waals surface area contributed by atoms with Crippen molar-refractivity contribution in [3.05, 3.63) is 34.3 Å². The summed E-state index contributed by atoms with van der Waals surface area (Å²) < 4.78 is 5.72. The average molecular weight is 263 g/mol. The van der Waals surface area contributed by atoms with Gasteiger partial charge in [-0.05, 0) is 0 Å². The first kappa shape index (κ1) is 9.32. The van der Waals surface area contributed by atoms with Crippen LogP contribution in [-0.4, -0.2) is 23.9 Å². The molecule has 1 heterocycles. The molecular weight excluding hydrogens is 251 g/mol. The molecule has 3 rings (SSSR count). The van der Waals surface area contributed by atoms with Crippen molar-refractivity contribution >= 4 is 14.7 Å². The third-order valence-electron chi connectivity index (χ3n) is 2.93. The maximum atomic E-state index is 4.33. The van der Waals surface area contributed by atoms with Gasteiger partial charge in [0.1, 0.15) is 0 Å². The topological polar surface area (TPSA) is 25.8 Å². The number of benzene rings is 1. The second-order valence-electron chi connectivity index (χ2n) is 3.91. The van der Waals surface area contributed by atoms with Gasteiger partial charge in [0.05, 0.1) is 0 Å². The van der Waals surface area contributed by atoms with Gasteiger partial charge in [-0.15, -0.1) is 0 Å². The zero-order valence-electron chi connectivity index (χ0n) is 8.44. The molecule has 0 N–H and O–H groups in total. The van der Waals surface area contributed by atoms with Crippen molar-refractivity contribution in [2.75, 3.05) is 0 Å². The molecule has 2 nitrogen and oxygen atoms in total. The molecule has 0 fully saturated rings. The minimum absolute atomic E-state index is 0.278. The zero-order chi connectivity index (χ0) is 10.1. The summed E-state index contributed by atoms with van der Waals surface area (Å²) in [7, 11) is 0. The van der Waals surface area contributed by atoms with Crippen molar-refractivity contribution in [3.63, 3.8) is 0 Å². The first-order valence-corrected chi connectivity index (χ1v) is 6.97. The molecule has 0 saturated carbocycles. The van der Waals surface area contributed by atoms with E-state index in [0.29, 0.717) is 0 Å². The monoisotopic (exact) mass is 264 g/mol. The summed E-state index contributed by atoms with van der Waals surface area (Å²) in [6.07, 6.45) is 4.98. The summed E-state index contributed by atoms with van der Waals surface area (Å²) in [6, 6.07) is 8.65. The fraction of sp³-hybridized carbons (Fsp3) is 0.333. The van der Waals surface area contributed by atoms with E-state index in [-0.39, 0.29) is 14.7 Å². The standard InChI is InChI=1S/C12H12N2Se/c1-3-7-10-9(5-1)6-2-4-8-11-12(10)13-14-15-11/h1,3,5,7H,2,4,6,8H2. The van der Waals surface area contributed by atoms with Gasteiger partial charge >= 0.3 is 95.1 Å². The summed E-state index contributed by atoms with van der Waals surface area (Å²) >= 11 is 0.278. The second-order valence-corrected chi connectivity index (χ2v) is 5.67. The summed E-state index contributed by atoms with van der Waals surface area (Å²) in [5.41, 5.74) is 3.96. The van der Waals surface area contributed by atoms with E-state index >= 15 is 0 Å². The van der Waals surface area contributed by atoms with E-state index in [9.17, 15) is 0 Å². The van der Waals surface area contributed by atoms with E-state index < -0.39 is 0 Å². The Balaban J connectivity index is 2.21. The van der Waals surface area contributed by atoms with Crippen LogP contribution in [0.25, 0.3) is 11.3 Å². The maximum absolute atomic E-state index is 4.33. The molecule has 0 atom stereocenters. The summed E-state index contributed by atoms with van der Waals surface area (Å²) in [4.78, 5) is 0. The first-order chi connectivity index (χ1) is 7.45. The van der Waals surface area contributed by atoms with Crippen LogP contribution in [0.15, 0.2) is 24.3 Å². The van der Waals surface area contributed by atoms with Crippen molar-refractivity contribution < 1.29 is 0 Å². The molecule has 0 spiro atoms. The molecule has 15 heavy (non-hydrogen) atoms. The van der Waals surface area contributed by atoms with Crippen LogP contribution in [0.3, 0.4) is 0 Å². The normalized spacial score (nSPS) is 14.9. The quantitative estimate of drug-likeness (QED) is 0.680. The van der Waals surface area contributed by atoms with Gasteiger partial charge in [0.15, 0.2) is 0 Å². The molecule has 1 aliphatic rings. The van der Waals surface area contributed by atoms with Crippen molar-refractivity contribution in [1.82, 2.24) is 9.19 Å². The summed E-state index contributed by atoms with van der Waals surface area (Å²) in [6.45, 7) is 0. The molecule has 2 aromatic rings. The van der Waals surface area contributed by atoms with Gasteiger partial charge in [0, 0.05) is 0 Å². The first-order valence-electron chi connectivity index (χ1n) is 5.34. The predicted molar refractivity (Wildman–Crippen MR) is 61.1 cm³/mol. The second kappa shape index (κ2) is 3.91. The van der Waals surface area contributed by atoms with E-state index in [2.05, 4.69) is 33.5 Å². The van der Waals surface area contributed by atoms with Crippen molar-refractivity contribution in [3.8, 4) is 11.3 Å². The number of hydrogen-bond acceptors (Lipinski definition) is 2. The van der Waals surface area contributed by atoms with E-state index in [4.69, 9.17) is 0 Å². The van der Waals surface area contributed by atoms with Gasteiger partial charge in [-0.1, -0.05) is 0 Å². The third-order valence-corrected chi connectivity index (χ3v) is 4.57. The molecule has 1 aliphatic carbocycles. The van der Waals surface area contributed by atoms with Crippen LogP contribution in [0.4, 0.5) is 0 Å². The number of rotatable bonds is 0. The van der Waals surface area contributed by atoms with Crippen molar-refractivity contribution in [1.29, 1.82) is 0 Å². The Bertz CT molecular complexity index is 476. The minimum atomic E-state index is 0.278. The number of aryl methyl sites for hydroxylation is 2. The fourth-order valence-electron chi connectivity index (χ4n) is 2.15. The molecule has 0 unspecified atom stereocenters. The number of hydrogen-bond donors (Lipinski definition) is 0. The van der Waals surface area contributed by atoms with Crippen molar-refractivity contribution in [2.24, 2.45) is 0 Å². The Kier molecular flexibility index (Phi) is 2.43. The Morgan fingerprint density at radius 2 is 1.93 bits per heavy atom. The molecule has 3 heteroatoms. The Hall–Kier alpha value is -0.921. The molecule has 76 valence electrons. The average Bonchev–Trinajstić information content (AvgIpc) is 2.69. The van der Waals surface area contributed by atoms with E-state index in [0.717, 1.165) is 0 Å². The number of fused-ring (bicyclic) bond motifs is 3. The fourth-order valence-corrected chi connectivity index (χ4v) is 3.60.